The minimum Gasteiger partial charge on any atom is -0.311 e. The quantitative estimate of drug-likeness (QED) is 0.652. The molecule has 3 unspecified atom stereocenters. The molecule has 0 saturated heterocycles. The summed E-state index contributed by atoms with van der Waals surface area (Å²) in [5.41, 5.74) is 0. The van der Waals surface area contributed by atoms with Crippen molar-refractivity contribution in [3.63, 3.8) is 0 Å². The second-order valence-electron chi connectivity index (χ2n) is 5.53. The van der Waals surface area contributed by atoms with Crippen LogP contribution in [0.1, 0.15) is 72.1 Å². The first-order chi connectivity index (χ1) is 7.22. The summed E-state index contributed by atoms with van der Waals surface area (Å²) >= 11 is 0. The molecule has 15 heavy (non-hydrogen) atoms. The lowest BCUT2D eigenvalue weighted by atomic mass is 9.86. The third-order valence-corrected chi connectivity index (χ3v) is 3.70. The van der Waals surface area contributed by atoms with E-state index in [1.807, 2.05) is 0 Å². The normalized spacial score (nSPS) is 29.0. The molecule has 0 aromatic heterocycles. The SMILES string of the molecule is CCCCCC(C)NC1CCCC(C)C1. The van der Waals surface area contributed by atoms with Crippen molar-refractivity contribution >= 4 is 0 Å². The van der Waals surface area contributed by atoms with Crippen molar-refractivity contribution < 1.29 is 0 Å². The van der Waals surface area contributed by atoms with E-state index in [0.29, 0.717) is 0 Å². The van der Waals surface area contributed by atoms with Gasteiger partial charge in [-0.3, -0.25) is 0 Å². The van der Waals surface area contributed by atoms with Crippen molar-refractivity contribution in [2.75, 3.05) is 0 Å². The van der Waals surface area contributed by atoms with Crippen LogP contribution in [0.2, 0.25) is 0 Å². The molecule has 0 aromatic carbocycles. The van der Waals surface area contributed by atoms with E-state index in [2.05, 4.69) is 26.1 Å². The molecule has 0 spiro atoms. The first kappa shape index (κ1) is 13.0. The highest BCUT2D eigenvalue weighted by Gasteiger charge is 2.19. The lowest BCUT2D eigenvalue weighted by Gasteiger charge is -2.30. The molecule has 90 valence electrons. The molecule has 0 bridgehead atoms. The van der Waals surface area contributed by atoms with Crippen LogP contribution in [0.3, 0.4) is 0 Å². The van der Waals surface area contributed by atoms with Gasteiger partial charge in [-0.25, -0.2) is 0 Å². The van der Waals surface area contributed by atoms with Crippen LogP contribution in [0.4, 0.5) is 0 Å². The second-order valence-corrected chi connectivity index (χ2v) is 5.53. The molecule has 1 nitrogen and oxygen atoms in total. The van der Waals surface area contributed by atoms with E-state index in [-0.39, 0.29) is 0 Å². The molecule has 0 radical (unpaired) electrons. The Balaban J connectivity index is 2.10. The maximum absolute atomic E-state index is 3.81. The number of hydrogen-bond donors (Lipinski definition) is 1. The van der Waals surface area contributed by atoms with Gasteiger partial charge in [0.05, 0.1) is 0 Å². The molecular weight excluding hydrogens is 182 g/mol. The third kappa shape index (κ3) is 5.55. The number of rotatable bonds is 6. The Hall–Kier alpha value is -0.0400. The van der Waals surface area contributed by atoms with Gasteiger partial charge < -0.3 is 5.32 Å². The largest absolute Gasteiger partial charge is 0.311 e. The summed E-state index contributed by atoms with van der Waals surface area (Å²) in [7, 11) is 0. The van der Waals surface area contributed by atoms with Crippen LogP contribution in [0.25, 0.3) is 0 Å². The molecular formula is C14H29N. The third-order valence-electron chi connectivity index (χ3n) is 3.70. The van der Waals surface area contributed by atoms with Crippen LogP contribution in [0, 0.1) is 5.92 Å². The highest BCUT2D eigenvalue weighted by molar-refractivity contribution is 4.78. The lowest BCUT2D eigenvalue weighted by Crippen LogP contribution is -2.39. The van der Waals surface area contributed by atoms with Crippen molar-refractivity contribution in [3.05, 3.63) is 0 Å². The highest BCUT2D eigenvalue weighted by Crippen LogP contribution is 2.24. The highest BCUT2D eigenvalue weighted by atomic mass is 14.9. The van der Waals surface area contributed by atoms with E-state index in [1.54, 1.807) is 0 Å². The molecule has 0 aromatic rings. The van der Waals surface area contributed by atoms with Gasteiger partial charge in [-0.15, -0.1) is 0 Å². The topological polar surface area (TPSA) is 12.0 Å². The number of unbranched alkanes of at least 4 members (excludes halogenated alkanes) is 2. The number of nitrogens with one attached hydrogen (secondary N) is 1. The average Bonchev–Trinajstić information content (AvgIpc) is 2.18. The Morgan fingerprint density at radius 2 is 2.07 bits per heavy atom. The summed E-state index contributed by atoms with van der Waals surface area (Å²) < 4.78 is 0. The Morgan fingerprint density at radius 1 is 1.27 bits per heavy atom. The van der Waals surface area contributed by atoms with Gasteiger partial charge >= 0.3 is 0 Å². The molecule has 1 N–H and O–H groups in total. The summed E-state index contributed by atoms with van der Waals surface area (Å²) in [6, 6.07) is 1.54. The summed E-state index contributed by atoms with van der Waals surface area (Å²) in [6.45, 7) is 7.03. The second kappa shape index (κ2) is 7.27. The fourth-order valence-electron chi connectivity index (χ4n) is 2.77. The molecule has 1 rings (SSSR count). The van der Waals surface area contributed by atoms with Crippen molar-refractivity contribution in [3.8, 4) is 0 Å². The van der Waals surface area contributed by atoms with Crippen LogP contribution < -0.4 is 5.32 Å². The van der Waals surface area contributed by atoms with Gasteiger partial charge in [-0.2, -0.15) is 0 Å². The van der Waals surface area contributed by atoms with Crippen molar-refractivity contribution in [1.29, 1.82) is 0 Å². The first-order valence-corrected chi connectivity index (χ1v) is 6.98. The van der Waals surface area contributed by atoms with E-state index < -0.39 is 0 Å². The summed E-state index contributed by atoms with van der Waals surface area (Å²) in [5, 5.41) is 3.81. The standard InChI is InChI=1S/C14H29N/c1-4-5-6-9-13(3)15-14-10-7-8-12(2)11-14/h12-15H,4-11H2,1-3H3. The van der Waals surface area contributed by atoms with Crippen LogP contribution in [0.5, 0.6) is 0 Å². The van der Waals surface area contributed by atoms with Crippen molar-refractivity contribution in [2.24, 2.45) is 5.92 Å². The minimum absolute atomic E-state index is 0.729. The molecule has 1 aliphatic rings. The average molecular weight is 211 g/mol. The molecule has 0 amide bonds. The Labute approximate surface area is 96.0 Å². The number of hydrogen-bond acceptors (Lipinski definition) is 1. The van der Waals surface area contributed by atoms with Crippen molar-refractivity contribution in [1.82, 2.24) is 5.32 Å². The van der Waals surface area contributed by atoms with Gasteiger partial charge in [0.2, 0.25) is 0 Å². The fourth-order valence-corrected chi connectivity index (χ4v) is 2.77. The fraction of sp³-hybridized carbons (Fsp3) is 1.00. The molecule has 1 aliphatic carbocycles. The van der Waals surface area contributed by atoms with E-state index in [9.17, 15) is 0 Å². The van der Waals surface area contributed by atoms with E-state index >= 15 is 0 Å². The Kier molecular flexibility index (Phi) is 6.31. The van der Waals surface area contributed by atoms with E-state index in [0.717, 1.165) is 18.0 Å². The molecule has 1 saturated carbocycles. The van der Waals surface area contributed by atoms with Gasteiger partial charge in [0.15, 0.2) is 0 Å². The summed E-state index contributed by atoms with van der Waals surface area (Å²) in [6.07, 6.45) is 11.2. The zero-order valence-electron chi connectivity index (χ0n) is 10.9. The zero-order valence-corrected chi connectivity index (χ0v) is 10.9. The zero-order chi connectivity index (χ0) is 11.1. The van der Waals surface area contributed by atoms with Gasteiger partial charge in [-0.05, 0) is 32.1 Å². The molecule has 0 heterocycles. The molecule has 1 fully saturated rings. The molecule has 1 heteroatoms. The van der Waals surface area contributed by atoms with Crippen molar-refractivity contribution in [2.45, 2.75) is 84.2 Å². The molecule has 3 atom stereocenters. The Morgan fingerprint density at radius 3 is 2.73 bits per heavy atom. The predicted molar refractivity (Wildman–Crippen MR) is 68.2 cm³/mol. The summed E-state index contributed by atoms with van der Waals surface area (Å²) in [5.74, 6) is 0.944. The van der Waals surface area contributed by atoms with Crippen LogP contribution in [0.15, 0.2) is 0 Å². The summed E-state index contributed by atoms with van der Waals surface area (Å²) in [4.78, 5) is 0. The maximum Gasteiger partial charge on any atom is 0.00720 e. The lowest BCUT2D eigenvalue weighted by molar-refractivity contribution is 0.278. The molecule has 0 aliphatic heterocycles. The van der Waals surface area contributed by atoms with Crippen LogP contribution in [-0.2, 0) is 0 Å². The smallest absolute Gasteiger partial charge is 0.00720 e. The Bertz CT molecular complexity index is 155. The van der Waals surface area contributed by atoms with Gasteiger partial charge in [0.25, 0.3) is 0 Å². The minimum atomic E-state index is 0.729. The van der Waals surface area contributed by atoms with E-state index in [1.165, 1.54) is 51.4 Å². The first-order valence-electron chi connectivity index (χ1n) is 6.98. The van der Waals surface area contributed by atoms with Gasteiger partial charge in [0.1, 0.15) is 0 Å². The van der Waals surface area contributed by atoms with Gasteiger partial charge in [-0.1, -0.05) is 46.0 Å². The predicted octanol–water partition coefficient (Wildman–Crippen LogP) is 4.12. The monoisotopic (exact) mass is 211 g/mol. The van der Waals surface area contributed by atoms with Gasteiger partial charge in [0, 0.05) is 12.1 Å². The maximum atomic E-state index is 3.81. The van der Waals surface area contributed by atoms with Crippen LogP contribution in [-0.4, -0.2) is 12.1 Å². The van der Waals surface area contributed by atoms with Crippen LogP contribution >= 0.6 is 0 Å². The van der Waals surface area contributed by atoms with E-state index in [4.69, 9.17) is 0 Å².